The quantitative estimate of drug-likeness (QED) is 0.724. The molecule has 3 N–H and O–H groups in total. The van der Waals surface area contributed by atoms with Gasteiger partial charge in [-0.25, -0.2) is 0 Å². The van der Waals surface area contributed by atoms with E-state index in [1.807, 2.05) is 30.3 Å². The lowest BCUT2D eigenvalue weighted by Gasteiger charge is -2.28. The lowest BCUT2D eigenvalue weighted by atomic mass is 10.0. The van der Waals surface area contributed by atoms with E-state index >= 15 is 0 Å². The van der Waals surface area contributed by atoms with Gasteiger partial charge in [-0.3, -0.25) is 0 Å². The lowest BCUT2D eigenvalue weighted by molar-refractivity contribution is 0.0122. The molecule has 1 aliphatic rings. The molecule has 1 aromatic carbocycles. The maximum Gasteiger partial charge on any atom is 0.0892 e. The predicted molar refractivity (Wildman–Crippen MR) is 56.0 cm³/mol. The minimum Gasteiger partial charge on any atom is -0.374 e. The van der Waals surface area contributed by atoms with Crippen LogP contribution in [-0.2, 0) is 4.74 Å². The lowest BCUT2D eigenvalue weighted by Crippen LogP contribution is -2.44. The minimum atomic E-state index is -0.0241. The van der Waals surface area contributed by atoms with E-state index in [-0.39, 0.29) is 12.1 Å². The Morgan fingerprint density at radius 3 is 2.79 bits per heavy atom. The van der Waals surface area contributed by atoms with Crippen LogP contribution in [0.2, 0.25) is 0 Å². The molecule has 2 rings (SSSR count). The van der Waals surface area contributed by atoms with Gasteiger partial charge in [-0.15, -0.1) is 0 Å². The van der Waals surface area contributed by atoms with Gasteiger partial charge in [0.15, 0.2) is 0 Å². The molecule has 0 radical (unpaired) electrons. The first-order valence-electron chi connectivity index (χ1n) is 5.01. The Morgan fingerprint density at radius 2 is 2.14 bits per heavy atom. The number of morpholine rings is 1. The Hall–Kier alpha value is -0.900. The molecule has 0 aliphatic carbocycles. The van der Waals surface area contributed by atoms with Crippen LogP contribution in [0.15, 0.2) is 30.3 Å². The molecule has 1 aliphatic heterocycles. The summed E-state index contributed by atoms with van der Waals surface area (Å²) in [5.74, 6) is 0. The summed E-state index contributed by atoms with van der Waals surface area (Å²) in [6.45, 7) is 2.53. The highest BCUT2D eigenvalue weighted by molar-refractivity contribution is 5.19. The summed E-state index contributed by atoms with van der Waals surface area (Å²) in [4.78, 5) is 0. The van der Waals surface area contributed by atoms with Crippen LogP contribution in [0.5, 0.6) is 0 Å². The number of nitrogens with two attached hydrogens (primary N) is 1. The van der Waals surface area contributed by atoms with Crippen LogP contribution in [0.1, 0.15) is 11.6 Å². The largest absolute Gasteiger partial charge is 0.374 e. The molecule has 0 spiro atoms. The molecule has 2 atom stereocenters. The van der Waals surface area contributed by atoms with Gasteiger partial charge >= 0.3 is 0 Å². The Bertz CT molecular complexity index is 270. The molecule has 2 unspecified atom stereocenters. The second-order valence-electron chi connectivity index (χ2n) is 3.55. The average Bonchev–Trinajstić information content (AvgIpc) is 2.30. The number of nitrogens with one attached hydrogen (secondary N) is 1. The molecule has 3 nitrogen and oxygen atoms in total. The van der Waals surface area contributed by atoms with Crippen molar-refractivity contribution in [2.24, 2.45) is 5.73 Å². The van der Waals surface area contributed by atoms with Crippen molar-refractivity contribution in [3.05, 3.63) is 35.9 Å². The van der Waals surface area contributed by atoms with Gasteiger partial charge in [-0.2, -0.15) is 0 Å². The Balaban J connectivity index is 2.03. The van der Waals surface area contributed by atoms with Gasteiger partial charge in [0.25, 0.3) is 0 Å². The van der Waals surface area contributed by atoms with Gasteiger partial charge < -0.3 is 15.8 Å². The molecule has 1 saturated heterocycles. The van der Waals surface area contributed by atoms with Crippen LogP contribution in [0.25, 0.3) is 0 Å². The summed E-state index contributed by atoms with van der Waals surface area (Å²) in [5, 5.41) is 3.28. The van der Waals surface area contributed by atoms with Crippen LogP contribution in [0.4, 0.5) is 0 Å². The number of hydrogen-bond donors (Lipinski definition) is 2. The van der Waals surface area contributed by atoms with Crippen molar-refractivity contribution in [1.29, 1.82) is 0 Å². The smallest absolute Gasteiger partial charge is 0.0892 e. The van der Waals surface area contributed by atoms with Crippen LogP contribution in [0.3, 0.4) is 0 Å². The molecule has 0 amide bonds. The SMILES string of the molecule is NC(c1ccccc1)C1CNCCO1. The molecular weight excluding hydrogens is 176 g/mol. The third-order valence-electron chi connectivity index (χ3n) is 2.54. The van der Waals surface area contributed by atoms with Crippen LogP contribution in [-0.4, -0.2) is 25.8 Å². The summed E-state index contributed by atoms with van der Waals surface area (Å²) in [5.41, 5.74) is 7.24. The van der Waals surface area contributed by atoms with E-state index in [2.05, 4.69) is 5.32 Å². The molecule has 1 aromatic rings. The first-order valence-corrected chi connectivity index (χ1v) is 5.01. The normalized spacial score (nSPS) is 24.5. The van der Waals surface area contributed by atoms with E-state index in [0.29, 0.717) is 0 Å². The monoisotopic (exact) mass is 192 g/mol. The number of rotatable bonds is 2. The van der Waals surface area contributed by atoms with Crippen LogP contribution >= 0.6 is 0 Å². The number of benzene rings is 1. The Labute approximate surface area is 84.3 Å². The fraction of sp³-hybridized carbons (Fsp3) is 0.455. The average molecular weight is 192 g/mol. The maximum atomic E-state index is 6.10. The van der Waals surface area contributed by atoms with Crippen molar-refractivity contribution in [3.8, 4) is 0 Å². The van der Waals surface area contributed by atoms with Gasteiger partial charge in [-0.1, -0.05) is 30.3 Å². The molecule has 1 heterocycles. The third-order valence-corrected chi connectivity index (χ3v) is 2.54. The standard InChI is InChI=1S/C11H16N2O/c12-11(9-4-2-1-3-5-9)10-8-13-6-7-14-10/h1-5,10-11,13H,6-8,12H2. The summed E-state index contributed by atoms with van der Waals surface area (Å²) in [6, 6.07) is 10.1. The maximum absolute atomic E-state index is 6.10. The number of ether oxygens (including phenoxy) is 1. The molecular formula is C11H16N2O. The van der Waals surface area contributed by atoms with E-state index in [0.717, 1.165) is 25.3 Å². The van der Waals surface area contributed by atoms with Crippen LogP contribution < -0.4 is 11.1 Å². The molecule has 3 heteroatoms. The van der Waals surface area contributed by atoms with Crippen molar-refractivity contribution in [1.82, 2.24) is 5.32 Å². The van der Waals surface area contributed by atoms with Crippen molar-refractivity contribution in [2.75, 3.05) is 19.7 Å². The van der Waals surface area contributed by atoms with Gasteiger partial charge in [0.2, 0.25) is 0 Å². The van der Waals surface area contributed by atoms with Gasteiger partial charge in [0, 0.05) is 13.1 Å². The van der Waals surface area contributed by atoms with Gasteiger partial charge in [0.05, 0.1) is 18.8 Å². The highest BCUT2D eigenvalue weighted by atomic mass is 16.5. The summed E-state index contributed by atoms with van der Waals surface area (Å²) in [6.07, 6.45) is 0.103. The van der Waals surface area contributed by atoms with E-state index in [4.69, 9.17) is 10.5 Å². The third kappa shape index (κ3) is 2.12. The van der Waals surface area contributed by atoms with Crippen molar-refractivity contribution in [2.45, 2.75) is 12.1 Å². The van der Waals surface area contributed by atoms with Gasteiger partial charge in [-0.05, 0) is 5.56 Å². The van der Waals surface area contributed by atoms with Crippen molar-refractivity contribution in [3.63, 3.8) is 0 Å². The first-order chi connectivity index (χ1) is 6.88. The second-order valence-corrected chi connectivity index (χ2v) is 3.55. The molecule has 0 aromatic heterocycles. The van der Waals surface area contributed by atoms with E-state index in [1.54, 1.807) is 0 Å². The zero-order valence-electron chi connectivity index (χ0n) is 8.15. The molecule has 1 fully saturated rings. The zero-order valence-corrected chi connectivity index (χ0v) is 8.15. The van der Waals surface area contributed by atoms with E-state index < -0.39 is 0 Å². The fourth-order valence-electron chi connectivity index (χ4n) is 1.71. The summed E-state index contributed by atoms with van der Waals surface area (Å²) >= 11 is 0. The zero-order chi connectivity index (χ0) is 9.80. The first kappa shape index (κ1) is 9.65. The predicted octanol–water partition coefficient (Wildman–Crippen LogP) is 0.675. The number of hydrogen-bond acceptors (Lipinski definition) is 3. The molecule has 14 heavy (non-hydrogen) atoms. The Kier molecular flexibility index (Phi) is 3.14. The van der Waals surface area contributed by atoms with Crippen LogP contribution in [0, 0.1) is 0 Å². The molecule has 76 valence electrons. The highest BCUT2D eigenvalue weighted by Crippen LogP contribution is 2.16. The fourth-order valence-corrected chi connectivity index (χ4v) is 1.71. The molecule has 0 bridgehead atoms. The van der Waals surface area contributed by atoms with Crippen molar-refractivity contribution < 1.29 is 4.74 Å². The second kappa shape index (κ2) is 4.55. The van der Waals surface area contributed by atoms with E-state index in [1.165, 1.54) is 0 Å². The highest BCUT2D eigenvalue weighted by Gasteiger charge is 2.21. The molecule has 0 saturated carbocycles. The van der Waals surface area contributed by atoms with E-state index in [9.17, 15) is 0 Å². The Morgan fingerprint density at radius 1 is 1.36 bits per heavy atom. The summed E-state index contributed by atoms with van der Waals surface area (Å²) in [7, 11) is 0. The van der Waals surface area contributed by atoms with Crippen molar-refractivity contribution >= 4 is 0 Å². The summed E-state index contributed by atoms with van der Waals surface area (Å²) < 4.78 is 5.61. The minimum absolute atomic E-state index is 0.0241. The van der Waals surface area contributed by atoms with Gasteiger partial charge in [0.1, 0.15) is 0 Å². The topological polar surface area (TPSA) is 47.3 Å².